The Kier molecular flexibility index (Phi) is 9.00. The van der Waals surface area contributed by atoms with Gasteiger partial charge < -0.3 is 12.9 Å². The van der Waals surface area contributed by atoms with E-state index in [1.165, 1.54) is 13.0 Å². The largest absolute Gasteiger partial charge is 1.00 e. The van der Waals surface area contributed by atoms with Crippen LogP contribution in [0.4, 0.5) is 12.9 Å². The molecular formula is C6H11BF3K. The predicted molar refractivity (Wildman–Crippen MR) is 37.7 cm³/mol. The molecule has 0 N–H and O–H groups in total. The van der Waals surface area contributed by atoms with Crippen LogP contribution in [0.1, 0.15) is 26.7 Å². The van der Waals surface area contributed by atoms with Gasteiger partial charge >= 0.3 is 58.4 Å². The van der Waals surface area contributed by atoms with Crippen molar-refractivity contribution in [1.29, 1.82) is 0 Å². The third-order valence-corrected chi connectivity index (χ3v) is 1.29. The van der Waals surface area contributed by atoms with E-state index in [4.69, 9.17) is 0 Å². The number of hydrogen-bond acceptors (Lipinski definition) is 0. The monoisotopic (exact) mass is 190 g/mol. The van der Waals surface area contributed by atoms with Gasteiger partial charge in [0.25, 0.3) is 0 Å². The molecule has 0 heterocycles. The molecule has 0 aliphatic heterocycles. The molecule has 0 fully saturated rings. The summed E-state index contributed by atoms with van der Waals surface area (Å²) in [4.78, 5) is 0. The van der Waals surface area contributed by atoms with Gasteiger partial charge in [-0.15, -0.1) is 11.5 Å². The molecule has 0 aliphatic rings. The predicted octanol–water partition coefficient (Wildman–Crippen LogP) is 0.123. The van der Waals surface area contributed by atoms with Gasteiger partial charge in [0.2, 0.25) is 0 Å². The van der Waals surface area contributed by atoms with Gasteiger partial charge in [-0.2, -0.15) is 0 Å². The normalized spacial score (nSPS) is 12.6. The van der Waals surface area contributed by atoms with E-state index in [9.17, 15) is 12.9 Å². The van der Waals surface area contributed by atoms with Crippen molar-refractivity contribution in [2.45, 2.75) is 26.7 Å². The summed E-state index contributed by atoms with van der Waals surface area (Å²) in [5.74, 6) is 0. The molecule has 0 aliphatic carbocycles. The molecule has 0 nitrogen and oxygen atoms in total. The molecule has 0 amide bonds. The number of hydrogen-bond donors (Lipinski definition) is 0. The number of rotatable bonds is 3. The Morgan fingerprint density at radius 2 is 1.73 bits per heavy atom. The Hall–Kier alpha value is 1.23. The fourth-order valence-electron chi connectivity index (χ4n) is 0.772. The summed E-state index contributed by atoms with van der Waals surface area (Å²) in [5, 5.41) is 0. The maximum atomic E-state index is 11.9. The second-order valence-corrected chi connectivity index (χ2v) is 2.12. The summed E-state index contributed by atoms with van der Waals surface area (Å²) in [6, 6.07) is 0. The molecule has 0 rings (SSSR count). The Morgan fingerprint density at radius 3 is 1.82 bits per heavy atom. The van der Waals surface area contributed by atoms with Crippen LogP contribution in [0.15, 0.2) is 11.5 Å². The van der Waals surface area contributed by atoms with Crippen LogP contribution in [-0.2, 0) is 0 Å². The molecule has 0 aromatic heterocycles. The van der Waals surface area contributed by atoms with Crippen molar-refractivity contribution >= 4 is 6.98 Å². The van der Waals surface area contributed by atoms with E-state index in [0.29, 0.717) is 6.42 Å². The van der Waals surface area contributed by atoms with Gasteiger partial charge in [-0.25, -0.2) is 0 Å². The Bertz CT molecular complexity index is 130. The van der Waals surface area contributed by atoms with Crippen LogP contribution in [0.2, 0.25) is 0 Å². The maximum Gasteiger partial charge on any atom is 1.00 e. The molecule has 0 aromatic rings. The third kappa shape index (κ3) is 6.40. The van der Waals surface area contributed by atoms with Crippen molar-refractivity contribution in [3.63, 3.8) is 0 Å². The van der Waals surface area contributed by atoms with Crippen molar-refractivity contribution in [1.82, 2.24) is 0 Å². The minimum atomic E-state index is -4.72. The quantitative estimate of drug-likeness (QED) is 0.554. The molecule has 0 unspecified atom stereocenters. The Balaban J connectivity index is 0. The number of halogens is 3. The van der Waals surface area contributed by atoms with Gasteiger partial charge in [-0.1, -0.05) is 20.3 Å². The van der Waals surface area contributed by atoms with E-state index in [2.05, 4.69) is 0 Å². The summed E-state index contributed by atoms with van der Waals surface area (Å²) in [6.45, 7) is -1.49. The second-order valence-electron chi connectivity index (χ2n) is 2.12. The van der Waals surface area contributed by atoms with Crippen LogP contribution in [0.3, 0.4) is 0 Å². The smallest absolute Gasteiger partial charge is 0.445 e. The van der Waals surface area contributed by atoms with Crippen molar-refractivity contribution in [2.75, 3.05) is 0 Å². The van der Waals surface area contributed by atoms with Crippen LogP contribution in [-0.4, -0.2) is 6.98 Å². The average molecular weight is 190 g/mol. The minimum Gasteiger partial charge on any atom is -0.445 e. The van der Waals surface area contributed by atoms with E-state index >= 15 is 0 Å². The zero-order chi connectivity index (χ0) is 8.20. The average Bonchev–Trinajstić information content (AvgIpc) is 1.80. The standard InChI is InChI=1S/C6H11BF3.K/c1-3-5-6(4-2)7(8,9)10;/h5H,3-4H2,1-2H3;/q-1;+1/b6-5+;. The van der Waals surface area contributed by atoms with Crippen molar-refractivity contribution in [3.8, 4) is 0 Å². The first-order valence-electron chi connectivity index (χ1n) is 3.41. The van der Waals surface area contributed by atoms with Gasteiger partial charge in [0.1, 0.15) is 0 Å². The first-order chi connectivity index (χ1) is 4.52. The zero-order valence-electron chi connectivity index (χ0n) is 7.20. The Labute approximate surface area is 108 Å². The molecule has 11 heavy (non-hydrogen) atoms. The summed E-state index contributed by atoms with van der Waals surface area (Å²) in [6.07, 6.45) is 1.81. The SMILES string of the molecule is CC/C=C(\CC)[B-](F)(F)F.[K+]. The van der Waals surface area contributed by atoms with E-state index in [0.717, 1.165) is 0 Å². The molecule has 0 saturated carbocycles. The first-order valence-corrected chi connectivity index (χ1v) is 3.41. The molecule has 0 saturated heterocycles. The second kappa shape index (κ2) is 6.72. The van der Waals surface area contributed by atoms with E-state index in [1.807, 2.05) is 0 Å². The zero-order valence-corrected chi connectivity index (χ0v) is 10.3. The molecule has 0 aromatic carbocycles. The van der Waals surface area contributed by atoms with Crippen molar-refractivity contribution < 1.29 is 64.3 Å². The molecule has 0 radical (unpaired) electrons. The third-order valence-electron chi connectivity index (χ3n) is 1.29. The van der Waals surface area contributed by atoms with Gasteiger partial charge in [0.15, 0.2) is 0 Å². The summed E-state index contributed by atoms with van der Waals surface area (Å²) in [5.41, 5.74) is -0.359. The van der Waals surface area contributed by atoms with Crippen molar-refractivity contribution in [2.24, 2.45) is 0 Å². The topological polar surface area (TPSA) is 0 Å². The van der Waals surface area contributed by atoms with Crippen LogP contribution in [0.25, 0.3) is 0 Å². The fourth-order valence-corrected chi connectivity index (χ4v) is 0.772. The van der Waals surface area contributed by atoms with Crippen LogP contribution >= 0.6 is 0 Å². The van der Waals surface area contributed by atoms with Crippen LogP contribution < -0.4 is 51.4 Å². The van der Waals surface area contributed by atoms with E-state index in [-0.39, 0.29) is 63.3 Å². The summed E-state index contributed by atoms with van der Waals surface area (Å²) < 4.78 is 35.7. The van der Waals surface area contributed by atoms with E-state index < -0.39 is 6.98 Å². The summed E-state index contributed by atoms with van der Waals surface area (Å²) in [7, 11) is 0. The molecular weight excluding hydrogens is 179 g/mol. The minimum absolute atomic E-state index is 0. The van der Waals surface area contributed by atoms with Gasteiger partial charge in [0, 0.05) is 0 Å². The molecule has 0 atom stereocenters. The van der Waals surface area contributed by atoms with Gasteiger partial charge in [0.05, 0.1) is 0 Å². The summed E-state index contributed by atoms with van der Waals surface area (Å²) >= 11 is 0. The fraction of sp³-hybridized carbons (Fsp3) is 0.667. The maximum absolute atomic E-state index is 11.9. The van der Waals surface area contributed by atoms with Crippen LogP contribution in [0.5, 0.6) is 0 Å². The molecule has 5 heteroatoms. The van der Waals surface area contributed by atoms with Gasteiger partial charge in [-0.3, -0.25) is 0 Å². The number of allylic oxidation sites excluding steroid dienone is 2. The molecule has 60 valence electrons. The van der Waals surface area contributed by atoms with Gasteiger partial charge in [-0.05, 0) is 6.42 Å². The Morgan fingerprint density at radius 1 is 1.27 bits per heavy atom. The van der Waals surface area contributed by atoms with E-state index in [1.54, 1.807) is 6.92 Å². The molecule has 0 spiro atoms. The van der Waals surface area contributed by atoms with Crippen LogP contribution in [0, 0.1) is 0 Å². The first kappa shape index (κ1) is 14.7. The molecule has 0 bridgehead atoms. The van der Waals surface area contributed by atoms with Crippen molar-refractivity contribution in [3.05, 3.63) is 11.5 Å².